The van der Waals surface area contributed by atoms with E-state index < -0.39 is 11.8 Å². The van der Waals surface area contributed by atoms with Crippen molar-refractivity contribution in [2.75, 3.05) is 5.73 Å². The van der Waals surface area contributed by atoms with Gasteiger partial charge in [-0.2, -0.15) is 0 Å². The van der Waals surface area contributed by atoms with Gasteiger partial charge in [-0.25, -0.2) is 9.18 Å². The lowest BCUT2D eigenvalue weighted by atomic mass is 10.2. The molecule has 2 rings (SSSR count). The zero-order chi connectivity index (χ0) is 14.7. The number of ether oxygens (including phenoxy) is 1. The van der Waals surface area contributed by atoms with Crippen molar-refractivity contribution in [1.29, 1.82) is 0 Å². The van der Waals surface area contributed by atoms with Crippen molar-refractivity contribution in [2.24, 2.45) is 0 Å². The second-order valence-corrected chi connectivity index (χ2v) is 4.89. The summed E-state index contributed by atoms with van der Waals surface area (Å²) in [4.78, 5) is 11.8. The quantitative estimate of drug-likeness (QED) is 0.686. The molecule has 0 unspecified atom stereocenters. The lowest BCUT2D eigenvalue weighted by Crippen LogP contribution is -2.07. The van der Waals surface area contributed by atoms with Crippen LogP contribution in [0.25, 0.3) is 0 Å². The monoisotopic (exact) mass is 313 g/mol. The van der Waals surface area contributed by atoms with E-state index in [2.05, 4.69) is 0 Å². The normalized spacial score (nSPS) is 10.3. The van der Waals surface area contributed by atoms with Crippen molar-refractivity contribution in [2.45, 2.75) is 6.61 Å². The number of hydrogen-bond donors (Lipinski definition) is 1. The summed E-state index contributed by atoms with van der Waals surface area (Å²) in [6, 6.07) is 8.45. The first-order chi connectivity index (χ1) is 9.47. The Morgan fingerprint density at radius 2 is 1.95 bits per heavy atom. The van der Waals surface area contributed by atoms with Crippen LogP contribution in [0.1, 0.15) is 15.9 Å². The lowest BCUT2D eigenvalue weighted by molar-refractivity contribution is 0.0469. The van der Waals surface area contributed by atoms with E-state index in [-0.39, 0.29) is 22.8 Å². The number of rotatable bonds is 3. The van der Waals surface area contributed by atoms with Crippen LogP contribution in [0.15, 0.2) is 36.4 Å². The van der Waals surface area contributed by atoms with E-state index in [1.165, 1.54) is 36.4 Å². The molecule has 0 amide bonds. The van der Waals surface area contributed by atoms with E-state index in [0.29, 0.717) is 10.7 Å². The molecule has 0 spiro atoms. The summed E-state index contributed by atoms with van der Waals surface area (Å²) in [5.41, 5.74) is 6.33. The minimum Gasteiger partial charge on any atom is -0.457 e. The second-order valence-electron chi connectivity index (χ2n) is 4.05. The van der Waals surface area contributed by atoms with Crippen LogP contribution in [0.3, 0.4) is 0 Å². The molecule has 2 N–H and O–H groups in total. The number of esters is 1. The van der Waals surface area contributed by atoms with E-state index >= 15 is 0 Å². The molecule has 6 heteroatoms. The van der Waals surface area contributed by atoms with Gasteiger partial charge in [-0.15, -0.1) is 0 Å². The zero-order valence-electron chi connectivity index (χ0n) is 10.2. The largest absolute Gasteiger partial charge is 0.457 e. The predicted octanol–water partition coefficient (Wildman–Crippen LogP) is 4.07. The number of carbonyl (C=O) groups is 1. The number of carbonyl (C=O) groups excluding carboxylic acids is 1. The molecule has 0 radical (unpaired) electrons. The minimum atomic E-state index is -0.658. The highest BCUT2D eigenvalue weighted by molar-refractivity contribution is 6.33. The molecule has 0 bridgehead atoms. The van der Waals surface area contributed by atoms with Crippen molar-refractivity contribution >= 4 is 34.9 Å². The molecule has 0 fully saturated rings. The highest BCUT2D eigenvalue weighted by Gasteiger charge is 2.13. The van der Waals surface area contributed by atoms with Gasteiger partial charge in [0.25, 0.3) is 0 Å². The molecular weight excluding hydrogens is 304 g/mol. The lowest BCUT2D eigenvalue weighted by Gasteiger charge is -2.08. The van der Waals surface area contributed by atoms with Gasteiger partial charge >= 0.3 is 5.97 Å². The maximum Gasteiger partial charge on any atom is 0.339 e. The van der Waals surface area contributed by atoms with Gasteiger partial charge in [0, 0.05) is 16.3 Å². The number of halogens is 3. The maximum atomic E-state index is 13.5. The number of nitrogen functional groups attached to an aromatic ring is 1. The zero-order valence-corrected chi connectivity index (χ0v) is 11.7. The standard InChI is InChI=1S/C14H10Cl2FNO2/c15-9-1-4-13(17)8(5-9)7-20-14(19)11-3-2-10(18)6-12(11)16/h1-6H,7,18H2. The molecule has 2 aromatic rings. The fourth-order valence-electron chi connectivity index (χ4n) is 1.57. The molecule has 104 valence electrons. The summed E-state index contributed by atoms with van der Waals surface area (Å²) < 4.78 is 18.5. The summed E-state index contributed by atoms with van der Waals surface area (Å²) in [7, 11) is 0. The first-order valence-corrected chi connectivity index (χ1v) is 6.39. The smallest absolute Gasteiger partial charge is 0.339 e. The Hall–Kier alpha value is -1.78. The van der Waals surface area contributed by atoms with Gasteiger partial charge in [-0.1, -0.05) is 23.2 Å². The van der Waals surface area contributed by atoms with Crippen LogP contribution in [0.4, 0.5) is 10.1 Å². The molecule has 0 saturated carbocycles. The van der Waals surface area contributed by atoms with Crippen molar-refractivity contribution < 1.29 is 13.9 Å². The molecule has 3 nitrogen and oxygen atoms in total. The van der Waals surface area contributed by atoms with Crippen molar-refractivity contribution in [3.8, 4) is 0 Å². The highest BCUT2D eigenvalue weighted by atomic mass is 35.5. The third-order valence-corrected chi connectivity index (χ3v) is 3.13. The molecule has 0 aliphatic rings. The highest BCUT2D eigenvalue weighted by Crippen LogP contribution is 2.21. The Balaban J connectivity index is 2.10. The van der Waals surface area contributed by atoms with Crippen molar-refractivity contribution in [3.05, 3.63) is 63.4 Å². The van der Waals surface area contributed by atoms with E-state index in [1.807, 2.05) is 0 Å². The second kappa shape index (κ2) is 6.11. The summed E-state index contributed by atoms with van der Waals surface area (Å²) in [6.07, 6.45) is 0. The van der Waals surface area contributed by atoms with Crippen molar-refractivity contribution in [3.63, 3.8) is 0 Å². The van der Waals surface area contributed by atoms with Gasteiger partial charge in [-0.3, -0.25) is 0 Å². The Morgan fingerprint density at radius 1 is 1.20 bits per heavy atom. The van der Waals surface area contributed by atoms with Crippen LogP contribution in [0.2, 0.25) is 10.0 Å². The van der Waals surface area contributed by atoms with Gasteiger partial charge in [0.15, 0.2) is 0 Å². The summed E-state index contributed by atoms with van der Waals surface area (Å²) in [5, 5.41) is 0.546. The number of hydrogen-bond acceptors (Lipinski definition) is 3. The van der Waals surface area contributed by atoms with Gasteiger partial charge in [0.2, 0.25) is 0 Å². The van der Waals surface area contributed by atoms with Crippen LogP contribution in [0, 0.1) is 5.82 Å². The van der Waals surface area contributed by atoms with Crippen LogP contribution in [-0.4, -0.2) is 5.97 Å². The van der Waals surface area contributed by atoms with E-state index in [0.717, 1.165) is 0 Å². The first kappa shape index (κ1) is 14.6. The fraction of sp³-hybridized carbons (Fsp3) is 0.0714. The van der Waals surface area contributed by atoms with Crippen LogP contribution in [0.5, 0.6) is 0 Å². The number of benzene rings is 2. The Bertz CT molecular complexity index is 662. The summed E-state index contributed by atoms with van der Waals surface area (Å²) in [5.74, 6) is -1.15. The first-order valence-electron chi connectivity index (χ1n) is 5.63. The Kier molecular flexibility index (Phi) is 4.47. The van der Waals surface area contributed by atoms with Gasteiger partial charge < -0.3 is 10.5 Å². The van der Waals surface area contributed by atoms with Gasteiger partial charge in [0.1, 0.15) is 12.4 Å². The van der Waals surface area contributed by atoms with Gasteiger partial charge in [-0.05, 0) is 36.4 Å². The summed E-state index contributed by atoms with van der Waals surface area (Å²) in [6.45, 7) is -0.230. The number of nitrogens with two attached hydrogens (primary N) is 1. The van der Waals surface area contributed by atoms with Crippen LogP contribution in [-0.2, 0) is 11.3 Å². The third-order valence-electron chi connectivity index (χ3n) is 2.58. The molecule has 0 atom stereocenters. The molecule has 20 heavy (non-hydrogen) atoms. The molecule has 2 aromatic carbocycles. The van der Waals surface area contributed by atoms with E-state index in [9.17, 15) is 9.18 Å². The molecular formula is C14H10Cl2FNO2. The molecule has 0 aromatic heterocycles. The van der Waals surface area contributed by atoms with Crippen molar-refractivity contribution in [1.82, 2.24) is 0 Å². The summed E-state index contributed by atoms with van der Waals surface area (Å²) >= 11 is 11.6. The fourth-order valence-corrected chi connectivity index (χ4v) is 2.03. The van der Waals surface area contributed by atoms with E-state index in [1.54, 1.807) is 0 Å². The molecule has 0 heterocycles. The van der Waals surface area contributed by atoms with Crippen LogP contribution < -0.4 is 5.73 Å². The Labute approximate surface area is 125 Å². The third kappa shape index (κ3) is 3.40. The topological polar surface area (TPSA) is 52.3 Å². The predicted molar refractivity (Wildman–Crippen MR) is 76.4 cm³/mol. The minimum absolute atomic E-state index is 0.170. The average molecular weight is 314 g/mol. The number of anilines is 1. The van der Waals surface area contributed by atoms with E-state index in [4.69, 9.17) is 33.7 Å². The molecule has 0 aliphatic carbocycles. The Morgan fingerprint density at radius 3 is 2.65 bits per heavy atom. The maximum absolute atomic E-state index is 13.5. The van der Waals surface area contributed by atoms with Crippen LogP contribution >= 0.6 is 23.2 Å². The molecule has 0 saturated heterocycles. The average Bonchev–Trinajstić information content (AvgIpc) is 2.39. The van der Waals surface area contributed by atoms with Gasteiger partial charge in [0.05, 0.1) is 10.6 Å². The molecule has 0 aliphatic heterocycles. The SMILES string of the molecule is Nc1ccc(C(=O)OCc2cc(Cl)ccc2F)c(Cl)c1.